The van der Waals surface area contributed by atoms with E-state index in [9.17, 15) is 19.8 Å². The molecule has 1 saturated carbocycles. The standard InChI is InChI=1S/C49H53NO5/c1-4-55-47(53)50(32-40-17-10-16-38-15-8-9-18-42(38)40)33-49(54)29-27-45-43-26-20-35(30-41(51)25-19-34(2)12-11-28-48(45,49)3)31-44(43)46(52)39-23-21-37(22-24-39)36-13-6-5-7-14-36/h5-10,12-18,20-24,26,31,41,45,51,54H,4,11,19,25,27-30,32-33H2,1-3H3/t41-,45-,48-,49+/m0/s1. The van der Waals surface area contributed by atoms with Crippen LogP contribution in [0.25, 0.3) is 21.9 Å². The van der Waals surface area contributed by atoms with Crippen LogP contribution in [0.5, 0.6) is 0 Å². The topological polar surface area (TPSA) is 87.1 Å². The highest BCUT2D eigenvalue weighted by Crippen LogP contribution is 2.59. The second-order valence-electron chi connectivity index (χ2n) is 15.9. The summed E-state index contributed by atoms with van der Waals surface area (Å²) in [5, 5.41) is 26.3. The van der Waals surface area contributed by atoms with Gasteiger partial charge >= 0.3 is 6.09 Å². The van der Waals surface area contributed by atoms with Gasteiger partial charge < -0.3 is 19.8 Å². The van der Waals surface area contributed by atoms with Gasteiger partial charge in [0.15, 0.2) is 5.78 Å². The molecule has 6 heteroatoms. The molecule has 0 saturated heterocycles. The minimum atomic E-state index is -1.28. The molecular weight excluding hydrogens is 683 g/mol. The van der Waals surface area contributed by atoms with E-state index in [0.717, 1.165) is 51.4 Å². The number of aliphatic hydroxyl groups excluding tert-OH is 1. The van der Waals surface area contributed by atoms with Crippen LogP contribution in [0.15, 0.2) is 127 Å². The smallest absolute Gasteiger partial charge is 0.410 e. The number of fused-ring (bicyclic) bond motifs is 9. The van der Waals surface area contributed by atoms with Crippen molar-refractivity contribution in [1.82, 2.24) is 4.90 Å². The molecule has 5 aromatic carbocycles. The number of benzene rings is 5. The van der Waals surface area contributed by atoms with E-state index in [1.165, 1.54) is 5.57 Å². The zero-order chi connectivity index (χ0) is 38.6. The summed E-state index contributed by atoms with van der Waals surface area (Å²) in [4.78, 5) is 30.1. The van der Waals surface area contributed by atoms with Crippen molar-refractivity contribution in [3.8, 4) is 11.1 Å². The molecule has 0 heterocycles. The van der Waals surface area contributed by atoms with Crippen LogP contribution in [0.1, 0.15) is 97.8 Å². The monoisotopic (exact) mass is 735 g/mol. The molecule has 1 amide bonds. The van der Waals surface area contributed by atoms with Gasteiger partial charge in [0.25, 0.3) is 0 Å². The minimum Gasteiger partial charge on any atom is -0.450 e. The van der Waals surface area contributed by atoms with Crippen LogP contribution >= 0.6 is 0 Å². The lowest BCUT2D eigenvalue weighted by Gasteiger charge is -2.46. The van der Waals surface area contributed by atoms with E-state index in [-0.39, 0.29) is 24.9 Å². The number of nitrogens with zero attached hydrogens (tertiary/aromatic N) is 1. The van der Waals surface area contributed by atoms with E-state index < -0.39 is 23.2 Å². The third-order valence-electron chi connectivity index (χ3n) is 12.4. The first-order valence-electron chi connectivity index (χ1n) is 19.9. The van der Waals surface area contributed by atoms with E-state index in [1.54, 1.807) is 11.8 Å². The van der Waals surface area contributed by atoms with Crippen molar-refractivity contribution < 1.29 is 24.5 Å². The molecule has 1 fully saturated rings. The molecular formula is C49H53NO5. The maximum atomic E-state index is 14.7. The number of ether oxygens (including phenoxy) is 1. The molecule has 55 heavy (non-hydrogen) atoms. The Hall–Kier alpha value is -5.04. The summed E-state index contributed by atoms with van der Waals surface area (Å²) in [6.07, 6.45) is 5.59. The Bertz CT molecular complexity index is 2170. The molecule has 284 valence electrons. The summed E-state index contributed by atoms with van der Waals surface area (Å²) in [5.74, 6) is -0.243. The maximum Gasteiger partial charge on any atom is 0.410 e. The van der Waals surface area contributed by atoms with E-state index in [0.29, 0.717) is 49.8 Å². The Morgan fingerprint density at radius 1 is 0.855 bits per heavy atom. The Kier molecular flexibility index (Phi) is 11.4. The Balaban J connectivity index is 1.28. The Morgan fingerprint density at radius 2 is 1.58 bits per heavy atom. The third kappa shape index (κ3) is 8.03. The van der Waals surface area contributed by atoms with Crippen molar-refractivity contribution in [3.63, 3.8) is 0 Å². The first kappa shape index (κ1) is 38.2. The largest absolute Gasteiger partial charge is 0.450 e. The van der Waals surface area contributed by atoms with Crippen LogP contribution < -0.4 is 0 Å². The van der Waals surface area contributed by atoms with Crippen molar-refractivity contribution in [2.75, 3.05) is 13.2 Å². The molecule has 2 N–H and O–H groups in total. The van der Waals surface area contributed by atoms with Crippen molar-refractivity contribution >= 4 is 22.6 Å². The maximum absolute atomic E-state index is 14.7. The second kappa shape index (κ2) is 16.4. The summed E-state index contributed by atoms with van der Waals surface area (Å²) >= 11 is 0. The number of carbonyl (C=O) groups is 2. The first-order valence-corrected chi connectivity index (χ1v) is 19.9. The SMILES string of the molecule is CCOC(=O)N(Cc1cccc2ccccc12)C[C@]1(O)CC[C@H]2c3ccc(cc3C(=O)c3ccc(-c4ccccc4)cc3)C[C@@H](O)CCC(C)=CCC[C@@]21C. The fourth-order valence-corrected chi connectivity index (χ4v) is 9.15. The normalized spacial score (nSPS) is 22.7. The number of ketones is 1. The lowest BCUT2D eigenvalue weighted by Crippen LogP contribution is -2.53. The van der Waals surface area contributed by atoms with Gasteiger partial charge in [0.2, 0.25) is 0 Å². The molecule has 3 aliphatic rings. The van der Waals surface area contributed by atoms with E-state index in [1.807, 2.05) is 78.9 Å². The highest BCUT2D eigenvalue weighted by molar-refractivity contribution is 6.10. The van der Waals surface area contributed by atoms with Gasteiger partial charge in [-0.05, 0) is 109 Å². The third-order valence-corrected chi connectivity index (χ3v) is 12.4. The lowest BCUT2D eigenvalue weighted by atomic mass is 9.64. The van der Waals surface area contributed by atoms with Crippen molar-refractivity contribution in [2.24, 2.45) is 5.41 Å². The van der Waals surface area contributed by atoms with Crippen molar-refractivity contribution in [1.29, 1.82) is 0 Å². The number of amides is 1. The highest BCUT2D eigenvalue weighted by atomic mass is 16.6. The molecule has 0 aliphatic heterocycles. The van der Waals surface area contributed by atoms with E-state index in [4.69, 9.17) is 4.74 Å². The molecule has 0 radical (unpaired) electrons. The summed E-state index contributed by atoms with van der Waals surface area (Å²) in [5.41, 5.74) is 5.37. The van der Waals surface area contributed by atoms with Crippen LogP contribution in [0.4, 0.5) is 4.79 Å². The van der Waals surface area contributed by atoms with Gasteiger partial charge in [-0.1, -0.05) is 128 Å². The van der Waals surface area contributed by atoms with Crippen LogP contribution in [-0.4, -0.2) is 51.8 Å². The molecule has 8 rings (SSSR count). The summed E-state index contributed by atoms with van der Waals surface area (Å²) < 4.78 is 5.63. The fourth-order valence-electron chi connectivity index (χ4n) is 9.15. The van der Waals surface area contributed by atoms with Gasteiger partial charge in [-0.15, -0.1) is 0 Å². The number of carbonyl (C=O) groups excluding carboxylic acids is 2. The molecule has 0 spiro atoms. The predicted octanol–water partition coefficient (Wildman–Crippen LogP) is 10.4. The fraction of sp³-hybridized carbons (Fsp3) is 0.347. The van der Waals surface area contributed by atoms with Crippen LogP contribution in [-0.2, 0) is 17.7 Å². The van der Waals surface area contributed by atoms with E-state index >= 15 is 0 Å². The molecule has 3 aliphatic carbocycles. The molecule has 5 aromatic rings. The molecule has 4 atom stereocenters. The van der Waals surface area contributed by atoms with Crippen molar-refractivity contribution in [3.05, 3.63) is 155 Å². The van der Waals surface area contributed by atoms with Gasteiger partial charge in [-0.25, -0.2) is 4.79 Å². The summed E-state index contributed by atoms with van der Waals surface area (Å²) in [6.45, 7) is 6.69. The van der Waals surface area contributed by atoms with Gasteiger partial charge in [-0.2, -0.15) is 0 Å². The van der Waals surface area contributed by atoms with Gasteiger partial charge in [0.05, 0.1) is 24.9 Å². The average Bonchev–Trinajstić information content (AvgIpc) is 3.45. The molecule has 2 bridgehead atoms. The first-order chi connectivity index (χ1) is 26.6. The second-order valence-corrected chi connectivity index (χ2v) is 15.9. The highest BCUT2D eigenvalue weighted by Gasteiger charge is 2.57. The Morgan fingerprint density at radius 3 is 2.36 bits per heavy atom. The number of hydrogen-bond donors (Lipinski definition) is 2. The lowest BCUT2D eigenvalue weighted by molar-refractivity contribution is -0.0820. The number of aliphatic hydroxyl groups is 2. The summed E-state index contributed by atoms with van der Waals surface area (Å²) in [7, 11) is 0. The van der Waals surface area contributed by atoms with Gasteiger partial charge in [0, 0.05) is 23.1 Å². The van der Waals surface area contributed by atoms with Crippen LogP contribution in [0, 0.1) is 5.41 Å². The van der Waals surface area contributed by atoms with Crippen LogP contribution in [0.2, 0.25) is 0 Å². The molecule has 0 aromatic heterocycles. The van der Waals surface area contributed by atoms with Gasteiger partial charge in [-0.3, -0.25) is 4.79 Å². The van der Waals surface area contributed by atoms with E-state index in [2.05, 4.69) is 56.3 Å². The number of rotatable bonds is 8. The van der Waals surface area contributed by atoms with Gasteiger partial charge in [0.1, 0.15) is 0 Å². The quantitative estimate of drug-likeness (QED) is 0.122. The van der Waals surface area contributed by atoms with Crippen LogP contribution in [0.3, 0.4) is 0 Å². The number of hydrogen-bond acceptors (Lipinski definition) is 5. The average molecular weight is 736 g/mol. The predicted molar refractivity (Wildman–Crippen MR) is 220 cm³/mol. The Labute approximate surface area is 325 Å². The van der Waals surface area contributed by atoms with Crippen molar-refractivity contribution in [2.45, 2.75) is 89.9 Å². The number of allylic oxidation sites excluding steroid dienone is 2. The minimum absolute atomic E-state index is 0.0734. The molecule has 0 unspecified atom stereocenters. The zero-order valence-corrected chi connectivity index (χ0v) is 32.3. The zero-order valence-electron chi connectivity index (χ0n) is 32.3. The summed E-state index contributed by atoms with van der Waals surface area (Å²) in [6, 6.07) is 38.2. The molecule has 6 nitrogen and oxygen atoms in total.